The second-order valence-electron chi connectivity index (χ2n) is 3.47. The molecule has 76 valence electrons. The van der Waals surface area contributed by atoms with Crippen LogP contribution in [0.25, 0.3) is 0 Å². The summed E-state index contributed by atoms with van der Waals surface area (Å²) in [6.07, 6.45) is 1.71. The van der Waals surface area contributed by atoms with Gasteiger partial charge in [0.25, 0.3) is 0 Å². The molecule has 1 unspecified atom stereocenters. The van der Waals surface area contributed by atoms with E-state index in [0.29, 0.717) is 19.3 Å². The molecule has 0 aliphatic carbocycles. The second-order valence-corrected chi connectivity index (χ2v) is 3.47. The molecular weight excluding hydrogens is 164 g/mol. The van der Waals surface area contributed by atoms with Crippen LogP contribution in [0.4, 0.5) is 0 Å². The molecule has 0 saturated carbocycles. The minimum Gasteiger partial charge on any atom is -0.386 e. The highest BCUT2D eigenvalue weighted by atomic mass is 16.4. The summed E-state index contributed by atoms with van der Waals surface area (Å²) in [6, 6.07) is 0. The first-order valence-electron chi connectivity index (χ1n) is 4.88. The van der Waals surface area contributed by atoms with Crippen LogP contribution in [0.3, 0.4) is 0 Å². The standard InChI is InChI=1S/C11H20O2/c1-5-8-9-10(4,12)11(13,6-2)7-3/h12-13H,5-7H2,1-4H3. The van der Waals surface area contributed by atoms with E-state index in [1.165, 1.54) is 0 Å². The van der Waals surface area contributed by atoms with Gasteiger partial charge in [0.05, 0.1) is 0 Å². The van der Waals surface area contributed by atoms with E-state index in [1.54, 1.807) is 6.92 Å². The van der Waals surface area contributed by atoms with Crippen molar-refractivity contribution in [2.24, 2.45) is 0 Å². The number of hydrogen-bond donors (Lipinski definition) is 2. The van der Waals surface area contributed by atoms with Gasteiger partial charge in [-0.3, -0.25) is 0 Å². The molecule has 0 aromatic carbocycles. The maximum absolute atomic E-state index is 10.0. The quantitative estimate of drug-likeness (QED) is 0.655. The summed E-state index contributed by atoms with van der Waals surface area (Å²) >= 11 is 0. The number of rotatable bonds is 3. The molecule has 0 aliphatic heterocycles. The molecule has 0 rings (SSSR count). The molecule has 2 heteroatoms. The smallest absolute Gasteiger partial charge is 0.151 e. The normalized spacial score (nSPS) is 15.8. The fraction of sp³-hybridized carbons (Fsp3) is 0.818. The minimum atomic E-state index is -1.30. The van der Waals surface area contributed by atoms with Crippen molar-refractivity contribution in [3.05, 3.63) is 0 Å². The van der Waals surface area contributed by atoms with Gasteiger partial charge in [0.2, 0.25) is 0 Å². The third-order valence-corrected chi connectivity index (χ3v) is 2.58. The molecule has 0 heterocycles. The molecule has 1 atom stereocenters. The average Bonchev–Trinajstić information content (AvgIpc) is 2.13. The van der Waals surface area contributed by atoms with Gasteiger partial charge >= 0.3 is 0 Å². The molecule has 13 heavy (non-hydrogen) atoms. The van der Waals surface area contributed by atoms with Gasteiger partial charge in [-0.25, -0.2) is 0 Å². The molecule has 0 amide bonds. The summed E-state index contributed by atoms with van der Waals surface area (Å²) in [5.41, 5.74) is -2.39. The lowest BCUT2D eigenvalue weighted by Gasteiger charge is -2.36. The van der Waals surface area contributed by atoms with Crippen molar-refractivity contribution in [3.8, 4) is 11.8 Å². The maximum atomic E-state index is 10.0. The first kappa shape index (κ1) is 12.5. The molecular formula is C11H20O2. The van der Waals surface area contributed by atoms with Crippen molar-refractivity contribution in [1.82, 2.24) is 0 Å². The molecule has 0 fully saturated rings. The van der Waals surface area contributed by atoms with Gasteiger partial charge in [0.1, 0.15) is 5.60 Å². The lowest BCUT2D eigenvalue weighted by atomic mass is 9.80. The van der Waals surface area contributed by atoms with Crippen LogP contribution in [-0.2, 0) is 0 Å². The highest BCUT2D eigenvalue weighted by Crippen LogP contribution is 2.28. The van der Waals surface area contributed by atoms with Gasteiger partial charge in [-0.1, -0.05) is 26.7 Å². The van der Waals surface area contributed by atoms with Crippen LogP contribution >= 0.6 is 0 Å². The molecule has 2 nitrogen and oxygen atoms in total. The van der Waals surface area contributed by atoms with Crippen molar-refractivity contribution in [2.75, 3.05) is 0 Å². The second kappa shape index (κ2) is 4.64. The molecule has 0 radical (unpaired) electrons. The highest BCUT2D eigenvalue weighted by Gasteiger charge is 2.41. The van der Waals surface area contributed by atoms with Crippen LogP contribution in [0.2, 0.25) is 0 Å². The zero-order valence-electron chi connectivity index (χ0n) is 9.02. The van der Waals surface area contributed by atoms with Gasteiger partial charge in [-0.2, -0.15) is 0 Å². The van der Waals surface area contributed by atoms with Crippen LogP contribution < -0.4 is 0 Å². The lowest BCUT2D eigenvalue weighted by Crippen LogP contribution is -2.50. The van der Waals surface area contributed by atoms with Crippen molar-refractivity contribution in [1.29, 1.82) is 0 Å². The molecule has 0 aliphatic rings. The van der Waals surface area contributed by atoms with E-state index in [-0.39, 0.29) is 0 Å². The highest BCUT2D eigenvalue weighted by molar-refractivity contribution is 5.19. The third kappa shape index (κ3) is 2.72. The Hall–Kier alpha value is -0.520. The first-order chi connectivity index (χ1) is 5.93. The van der Waals surface area contributed by atoms with E-state index in [0.717, 1.165) is 0 Å². The Morgan fingerprint density at radius 1 is 1.08 bits per heavy atom. The number of aliphatic hydroxyl groups is 2. The van der Waals surface area contributed by atoms with Crippen LogP contribution in [0.1, 0.15) is 47.0 Å². The van der Waals surface area contributed by atoms with Crippen LogP contribution in [0.15, 0.2) is 0 Å². The van der Waals surface area contributed by atoms with Gasteiger partial charge in [0.15, 0.2) is 5.60 Å². The van der Waals surface area contributed by atoms with E-state index < -0.39 is 11.2 Å². The fourth-order valence-corrected chi connectivity index (χ4v) is 1.32. The van der Waals surface area contributed by atoms with Crippen molar-refractivity contribution >= 4 is 0 Å². The first-order valence-corrected chi connectivity index (χ1v) is 4.88. The molecule has 0 bridgehead atoms. The van der Waals surface area contributed by atoms with Crippen molar-refractivity contribution in [2.45, 2.75) is 58.2 Å². The Bertz CT molecular complexity index is 204. The summed E-state index contributed by atoms with van der Waals surface area (Å²) in [5, 5.41) is 20.0. The van der Waals surface area contributed by atoms with E-state index in [2.05, 4.69) is 11.8 Å². The topological polar surface area (TPSA) is 40.5 Å². The van der Waals surface area contributed by atoms with Gasteiger partial charge in [-0.15, -0.1) is 5.92 Å². The van der Waals surface area contributed by atoms with E-state index in [1.807, 2.05) is 20.8 Å². The Kier molecular flexibility index (Phi) is 4.46. The fourth-order valence-electron chi connectivity index (χ4n) is 1.32. The SMILES string of the molecule is CCC#CC(C)(O)C(O)(CC)CC. The van der Waals surface area contributed by atoms with E-state index >= 15 is 0 Å². The molecule has 0 spiro atoms. The Morgan fingerprint density at radius 2 is 1.54 bits per heavy atom. The Labute approximate surface area is 81.0 Å². The Morgan fingerprint density at radius 3 is 1.85 bits per heavy atom. The minimum absolute atomic E-state index is 0.509. The molecule has 0 saturated heterocycles. The van der Waals surface area contributed by atoms with E-state index in [9.17, 15) is 10.2 Å². The summed E-state index contributed by atoms with van der Waals surface area (Å²) in [5.74, 6) is 5.51. The third-order valence-electron chi connectivity index (χ3n) is 2.58. The molecule has 0 aromatic rings. The Balaban J connectivity index is 4.77. The lowest BCUT2D eigenvalue weighted by molar-refractivity contribution is -0.111. The van der Waals surface area contributed by atoms with Crippen LogP contribution in [0, 0.1) is 11.8 Å². The van der Waals surface area contributed by atoms with Crippen LogP contribution in [0.5, 0.6) is 0 Å². The summed E-state index contributed by atoms with van der Waals surface area (Å²) < 4.78 is 0. The summed E-state index contributed by atoms with van der Waals surface area (Å²) in [4.78, 5) is 0. The van der Waals surface area contributed by atoms with Gasteiger partial charge in [0, 0.05) is 6.42 Å². The average molecular weight is 184 g/mol. The van der Waals surface area contributed by atoms with E-state index in [4.69, 9.17) is 0 Å². The number of hydrogen-bond acceptors (Lipinski definition) is 2. The van der Waals surface area contributed by atoms with Crippen molar-refractivity contribution < 1.29 is 10.2 Å². The summed E-state index contributed by atoms with van der Waals surface area (Å²) in [7, 11) is 0. The van der Waals surface area contributed by atoms with Gasteiger partial charge < -0.3 is 10.2 Å². The largest absolute Gasteiger partial charge is 0.386 e. The zero-order valence-corrected chi connectivity index (χ0v) is 9.02. The van der Waals surface area contributed by atoms with Crippen LogP contribution in [-0.4, -0.2) is 21.4 Å². The molecule has 0 aromatic heterocycles. The summed E-state index contributed by atoms with van der Waals surface area (Å²) in [6.45, 7) is 7.19. The van der Waals surface area contributed by atoms with Crippen molar-refractivity contribution in [3.63, 3.8) is 0 Å². The maximum Gasteiger partial charge on any atom is 0.151 e. The zero-order chi connectivity index (χ0) is 10.5. The monoisotopic (exact) mass is 184 g/mol. The predicted molar refractivity (Wildman–Crippen MR) is 54.2 cm³/mol. The van der Waals surface area contributed by atoms with Gasteiger partial charge in [-0.05, 0) is 19.8 Å². The predicted octanol–water partition coefficient (Wildman–Crippen LogP) is 1.70. The molecule has 2 N–H and O–H groups in total.